The lowest BCUT2D eigenvalue weighted by Gasteiger charge is -2.31. The van der Waals surface area contributed by atoms with E-state index in [1.54, 1.807) is 12.2 Å². The Morgan fingerprint density at radius 3 is 2.36 bits per heavy atom. The molecular weight excluding hydrogens is 527 g/mol. The summed E-state index contributed by atoms with van der Waals surface area (Å²) in [5.41, 5.74) is 4.87. The zero-order valence-electron chi connectivity index (χ0n) is 13.8. The van der Waals surface area contributed by atoms with Crippen LogP contribution in [0.25, 0.3) is 5.73 Å². The average Bonchev–Trinajstić information content (AvgIpc) is 3.05. The Bertz CT molecular complexity index is 878. The van der Waals surface area contributed by atoms with Gasteiger partial charge in [-0.25, -0.2) is 0 Å². The van der Waals surface area contributed by atoms with E-state index < -0.39 is 22.0 Å². The molecule has 2 aliphatic rings. The van der Waals surface area contributed by atoms with Crippen LogP contribution in [0.5, 0.6) is 0 Å². The summed E-state index contributed by atoms with van der Waals surface area (Å²) in [5, 5.41) is 3.39. The van der Waals surface area contributed by atoms with E-state index in [1.807, 2.05) is 0 Å². The van der Waals surface area contributed by atoms with Crippen LogP contribution in [0.1, 0.15) is 12.0 Å². The molecule has 0 amide bonds. The van der Waals surface area contributed by atoms with Crippen molar-refractivity contribution >= 4 is 68.0 Å². The second-order valence-corrected chi connectivity index (χ2v) is 9.92. The van der Waals surface area contributed by atoms with Crippen molar-refractivity contribution in [2.75, 3.05) is 6.54 Å². The van der Waals surface area contributed by atoms with Gasteiger partial charge < -0.3 is 10.6 Å². The first-order chi connectivity index (χ1) is 12.9. The Morgan fingerprint density at radius 1 is 1.25 bits per heavy atom. The molecule has 3 atom stereocenters. The molecule has 3 rings (SSSR count). The van der Waals surface area contributed by atoms with Crippen LogP contribution in [0, 0.1) is 5.92 Å². The van der Waals surface area contributed by atoms with E-state index in [9.17, 15) is 13.2 Å². The van der Waals surface area contributed by atoms with Gasteiger partial charge in [0.15, 0.2) is 0 Å². The average molecular weight is 538 g/mol. The number of rotatable bonds is 3. The predicted octanol–water partition coefficient (Wildman–Crippen LogP) is 7.68. The van der Waals surface area contributed by atoms with Crippen LogP contribution in [0.15, 0.2) is 41.1 Å². The van der Waals surface area contributed by atoms with E-state index >= 15 is 0 Å². The highest BCUT2D eigenvalue weighted by Crippen LogP contribution is 2.51. The highest BCUT2D eigenvalue weighted by Gasteiger charge is 2.62. The molecule has 0 fully saturated rings. The van der Waals surface area contributed by atoms with Crippen molar-refractivity contribution in [3.8, 4) is 0 Å². The molecule has 0 saturated carbocycles. The molecule has 3 unspecified atom stereocenters. The third kappa shape index (κ3) is 3.82. The van der Waals surface area contributed by atoms with Crippen molar-refractivity contribution in [2.24, 2.45) is 11.1 Å². The van der Waals surface area contributed by atoms with E-state index in [2.05, 4.69) is 21.1 Å². The number of benzene rings is 1. The zero-order chi connectivity index (χ0) is 20.9. The minimum Gasteiger partial charge on any atom is -0.677 e. The van der Waals surface area contributed by atoms with Gasteiger partial charge in [0.05, 0.1) is 20.8 Å². The van der Waals surface area contributed by atoms with Gasteiger partial charge in [0.2, 0.25) is 0 Å². The fourth-order valence-electron chi connectivity index (χ4n) is 2.94. The topological polar surface area (TPSA) is 45.4 Å². The molecule has 28 heavy (non-hydrogen) atoms. The van der Waals surface area contributed by atoms with Gasteiger partial charge in [-0.05, 0) is 29.7 Å². The van der Waals surface area contributed by atoms with Crippen LogP contribution < -0.4 is 0 Å². The van der Waals surface area contributed by atoms with Crippen molar-refractivity contribution in [2.45, 2.75) is 22.0 Å². The van der Waals surface area contributed by atoms with E-state index in [0.29, 0.717) is 5.57 Å². The van der Waals surface area contributed by atoms with Crippen LogP contribution in [0.3, 0.4) is 0 Å². The highest BCUT2D eigenvalue weighted by molar-refractivity contribution is 9.10. The highest BCUT2D eigenvalue weighted by atomic mass is 79.9. The number of oxime groups is 1. The van der Waals surface area contributed by atoms with Crippen molar-refractivity contribution in [3.63, 3.8) is 0 Å². The molecule has 152 valence electrons. The largest absolute Gasteiger partial charge is 0.677 e. The number of nitrogens with zero attached hydrogens (tertiary/aromatic N) is 1. The van der Waals surface area contributed by atoms with Crippen LogP contribution in [-0.4, -0.2) is 22.2 Å². The fourth-order valence-corrected chi connectivity index (χ4v) is 4.37. The van der Waals surface area contributed by atoms with E-state index in [-0.39, 0.29) is 38.8 Å². The van der Waals surface area contributed by atoms with E-state index in [4.69, 9.17) is 57.0 Å². The number of hydrogen-bond acceptors (Lipinski definition) is 2. The maximum Gasteiger partial charge on any atom is 0.435 e. The molecular formula is C17H11BrCl4F3N2O-. The van der Waals surface area contributed by atoms with Crippen molar-refractivity contribution in [1.29, 1.82) is 0 Å². The number of nitrogens with one attached hydrogen (secondary N) is 1. The van der Waals surface area contributed by atoms with E-state index in [0.717, 1.165) is 12.1 Å². The molecule has 1 aromatic carbocycles. The zero-order valence-corrected chi connectivity index (χ0v) is 18.4. The summed E-state index contributed by atoms with van der Waals surface area (Å²) in [6.07, 6.45) is -0.668. The third-order valence-electron chi connectivity index (χ3n) is 4.54. The summed E-state index contributed by atoms with van der Waals surface area (Å²) in [5.74, 6) is -0.345. The summed E-state index contributed by atoms with van der Waals surface area (Å²) in [7, 11) is 0. The van der Waals surface area contributed by atoms with Gasteiger partial charge in [-0.1, -0.05) is 68.0 Å². The Hall–Kier alpha value is -0.440. The summed E-state index contributed by atoms with van der Waals surface area (Å²) in [6, 6.07) is 2.14. The van der Waals surface area contributed by atoms with Crippen LogP contribution in [0.2, 0.25) is 15.1 Å². The summed E-state index contributed by atoms with van der Waals surface area (Å²) in [4.78, 5) is 4.96. The van der Waals surface area contributed by atoms with Gasteiger partial charge in [-0.2, -0.15) is 13.2 Å². The molecule has 0 radical (unpaired) electrons. The van der Waals surface area contributed by atoms with Gasteiger partial charge in [0.25, 0.3) is 5.60 Å². The van der Waals surface area contributed by atoms with Crippen LogP contribution in [0.4, 0.5) is 13.2 Å². The first-order valence-electron chi connectivity index (χ1n) is 7.82. The maximum absolute atomic E-state index is 14.1. The van der Waals surface area contributed by atoms with Gasteiger partial charge in [0.1, 0.15) is 3.78 Å². The Labute approximate surface area is 187 Å². The minimum atomic E-state index is -4.81. The molecule has 1 aliphatic carbocycles. The molecule has 1 aromatic rings. The SMILES string of the molecule is [NH-]CC1C=CC(C2=NOC(c3cc(Cl)c(Cl)c(Cl)c3)(C(F)(F)F)C2)=CC1(Cl)Br. The smallest absolute Gasteiger partial charge is 0.435 e. The molecule has 11 heteroatoms. The molecule has 1 aliphatic heterocycles. The summed E-state index contributed by atoms with van der Waals surface area (Å²) < 4.78 is 41.1. The molecule has 0 aromatic heterocycles. The lowest BCUT2D eigenvalue weighted by Crippen LogP contribution is -2.42. The van der Waals surface area contributed by atoms with Crippen molar-refractivity contribution in [1.82, 2.24) is 0 Å². The van der Waals surface area contributed by atoms with Crippen LogP contribution >= 0.6 is 62.3 Å². The summed E-state index contributed by atoms with van der Waals surface area (Å²) >= 11 is 27.4. The lowest BCUT2D eigenvalue weighted by atomic mass is 9.84. The number of hydrogen-bond donors (Lipinski definition) is 0. The van der Waals surface area contributed by atoms with E-state index in [1.165, 1.54) is 6.08 Å². The molecule has 1 heterocycles. The second kappa shape index (κ2) is 7.67. The minimum absolute atomic E-state index is 0.00622. The van der Waals surface area contributed by atoms with Gasteiger partial charge in [-0.15, -0.1) is 18.1 Å². The first-order valence-corrected chi connectivity index (χ1v) is 10.1. The number of allylic oxidation sites excluding steroid dienone is 3. The van der Waals surface area contributed by atoms with Gasteiger partial charge in [0, 0.05) is 12.0 Å². The third-order valence-corrected chi connectivity index (χ3v) is 6.94. The van der Waals surface area contributed by atoms with Crippen LogP contribution in [-0.2, 0) is 10.4 Å². The number of alkyl halides is 5. The second-order valence-electron chi connectivity index (χ2n) is 6.33. The molecule has 0 spiro atoms. The van der Waals surface area contributed by atoms with Gasteiger partial charge >= 0.3 is 6.18 Å². The Kier molecular flexibility index (Phi) is 6.10. The Morgan fingerprint density at radius 2 is 1.86 bits per heavy atom. The normalized spacial score (nSPS) is 30.1. The molecule has 3 nitrogen and oxygen atoms in total. The monoisotopic (exact) mass is 535 g/mol. The van der Waals surface area contributed by atoms with Crippen molar-refractivity contribution in [3.05, 3.63) is 62.3 Å². The predicted molar refractivity (Wildman–Crippen MR) is 110 cm³/mol. The maximum atomic E-state index is 14.1. The summed E-state index contributed by atoms with van der Waals surface area (Å²) in [6.45, 7) is 0.00622. The fraction of sp³-hybridized carbons (Fsp3) is 0.353. The Balaban J connectivity index is 2.01. The van der Waals surface area contributed by atoms with Gasteiger partial charge in [-0.3, -0.25) is 0 Å². The number of halogens is 8. The molecule has 0 bridgehead atoms. The molecule has 1 N–H and O–H groups in total. The molecule has 0 saturated heterocycles. The van der Waals surface area contributed by atoms with Crippen molar-refractivity contribution < 1.29 is 18.0 Å². The quantitative estimate of drug-likeness (QED) is 0.288. The first kappa shape index (κ1) is 22.2. The standard InChI is InChI=1S/C17H11BrCl4F3N2O/c18-16(22)5-8(1-2-9(16)7-26)13-6-15(28-27-13,17(23,24)25)10-3-11(19)14(21)12(20)4-10/h1-5,9,26H,6-7H2/q-1. The lowest BCUT2D eigenvalue weighted by molar-refractivity contribution is -0.275.